The minimum atomic E-state index is 0.0125. The van der Waals surface area contributed by atoms with Crippen molar-refractivity contribution in [3.05, 3.63) is 0 Å². The van der Waals surface area contributed by atoms with Crippen LogP contribution in [0.1, 0.15) is 59.3 Å². The zero-order valence-corrected chi connectivity index (χ0v) is 13.0. The molecule has 1 aliphatic carbocycles. The fourth-order valence-corrected chi connectivity index (χ4v) is 4.30. The predicted molar refractivity (Wildman–Crippen MR) is 80.3 cm³/mol. The van der Waals surface area contributed by atoms with Gasteiger partial charge in [-0.3, -0.25) is 4.90 Å². The second kappa shape index (κ2) is 6.11. The topological polar surface area (TPSA) is 35.5 Å². The van der Waals surface area contributed by atoms with Crippen molar-refractivity contribution in [2.45, 2.75) is 70.4 Å². The third kappa shape index (κ3) is 3.14. The van der Waals surface area contributed by atoms with Crippen LogP contribution >= 0.6 is 0 Å². The van der Waals surface area contributed by atoms with Crippen LogP contribution in [0.25, 0.3) is 0 Å². The number of aliphatic hydroxyl groups excluding tert-OH is 1. The summed E-state index contributed by atoms with van der Waals surface area (Å²) in [6, 6.07) is 0. The molecule has 3 heteroatoms. The van der Waals surface area contributed by atoms with E-state index < -0.39 is 0 Å². The SMILES string of the molecule is CCNC1(CO)CCCC1CCN1CCCC1(C)C. The Morgan fingerprint density at radius 3 is 2.63 bits per heavy atom. The molecule has 0 amide bonds. The lowest BCUT2D eigenvalue weighted by Gasteiger charge is -2.38. The van der Waals surface area contributed by atoms with Gasteiger partial charge in [-0.2, -0.15) is 0 Å². The van der Waals surface area contributed by atoms with Crippen LogP contribution in [0.2, 0.25) is 0 Å². The molecular formula is C16H32N2O. The highest BCUT2D eigenvalue weighted by Gasteiger charge is 2.42. The van der Waals surface area contributed by atoms with Gasteiger partial charge >= 0.3 is 0 Å². The first kappa shape index (κ1) is 15.3. The summed E-state index contributed by atoms with van der Waals surface area (Å²) in [5, 5.41) is 13.4. The van der Waals surface area contributed by atoms with Crippen LogP contribution in [0.15, 0.2) is 0 Å². The molecule has 1 aliphatic heterocycles. The summed E-state index contributed by atoms with van der Waals surface area (Å²) >= 11 is 0. The first-order valence-electron chi connectivity index (χ1n) is 8.15. The smallest absolute Gasteiger partial charge is 0.0616 e. The molecule has 2 unspecified atom stereocenters. The summed E-state index contributed by atoms with van der Waals surface area (Å²) in [5.41, 5.74) is 0.400. The maximum Gasteiger partial charge on any atom is 0.0616 e. The van der Waals surface area contributed by atoms with Gasteiger partial charge < -0.3 is 10.4 Å². The zero-order valence-electron chi connectivity index (χ0n) is 13.0. The number of hydrogen-bond donors (Lipinski definition) is 2. The fraction of sp³-hybridized carbons (Fsp3) is 1.00. The minimum absolute atomic E-state index is 0.0125. The quantitative estimate of drug-likeness (QED) is 0.776. The Morgan fingerprint density at radius 1 is 1.26 bits per heavy atom. The molecule has 0 aromatic carbocycles. The average Bonchev–Trinajstić information content (AvgIpc) is 2.91. The van der Waals surface area contributed by atoms with Crippen molar-refractivity contribution >= 4 is 0 Å². The number of nitrogens with one attached hydrogen (secondary N) is 1. The second-order valence-electron chi connectivity index (χ2n) is 7.13. The van der Waals surface area contributed by atoms with Crippen LogP contribution < -0.4 is 5.32 Å². The molecule has 1 saturated heterocycles. The molecule has 19 heavy (non-hydrogen) atoms. The molecule has 2 fully saturated rings. The van der Waals surface area contributed by atoms with E-state index in [2.05, 4.69) is 31.0 Å². The number of hydrogen-bond acceptors (Lipinski definition) is 3. The van der Waals surface area contributed by atoms with Crippen molar-refractivity contribution in [3.63, 3.8) is 0 Å². The molecule has 3 nitrogen and oxygen atoms in total. The molecule has 2 aliphatic rings. The maximum absolute atomic E-state index is 9.84. The third-order valence-corrected chi connectivity index (χ3v) is 5.59. The Balaban J connectivity index is 1.91. The van der Waals surface area contributed by atoms with Crippen molar-refractivity contribution in [3.8, 4) is 0 Å². The zero-order chi connectivity index (χ0) is 13.9. The monoisotopic (exact) mass is 268 g/mol. The Kier molecular flexibility index (Phi) is 4.91. The van der Waals surface area contributed by atoms with Gasteiger partial charge in [-0.15, -0.1) is 0 Å². The normalized spacial score (nSPS) is 35.1. The van der Waals surface area contributed by atoms with E-state index in [1.54, 1.807) is 0 Å². The standard InChI is InChI=1S/C16H32N2O/c1-4-17-16(13-19)10-5-7-14(16)8-12-18-11-6-9-15(18,2)3/h14,17,19H,4-13H2,1-3H3. The number of aliphatic hydroxyl groups is 1. The van der Waals surface area contributed by atoms with Gasteiger partial charge in [0.05, 0.1) is 6.61 Å². The van der Waals surface area contributed by atoms with Gasteiger partial charge in [0.15, 0.2) is 0 Å². The second-order valence-corrected chi connectivity index (χ2v) is 7.13. The van der Waals surface area contributed by atoms with E-state index in [-0.39, 0.29) is 5.54 Å². The maximum atomic E-state index is 9.84. The molecule has 0 aromatic rings. The van der Waals surface area contributed by atoms with Crippen molar-refractivity contribution in [2.24, 2.45) is 5.92 Å². The summed E-state index contributed by atoms with van der Waals surface area (Å²) in [4.78, 5) is 2.65. The first-order chi connectivity index (χ1) is 9.04. The van der Waals surface area contributed by atoms with Crippen molar-refractivity contribution in [2.75, 3.05) is 26.2 Å². The molecule has 0 aromatic heterocycles. The van der Waals surface area contributed by atoms with Crippen LogP contribution in [-0.4, -0.2) is 47.3 Å². The van der Waals surface area contributed by atoms with Crippen LogP contribution in [0.5, 0.6) is 0 Å². The first-order valence-corrected chi connectivity index (χ1v) is 8.15. The highest BCUT2D eigenvalue weighted by molar-refractivity contribution is 4.99. The summed E-state index contributed by atoms with van der Waals surface area (Å²) < 4.78 is 0. The minimum Gasteiger partial charge on any atom is -0.394 e. The number of likely N-dealkylation sites (tertiary alicyclic amines) is 1. The van der Waals surface area contributed by atoms with Crippen LogP contribution in [-0.2, 0) is 0 Å². The lowest BCUT2D eigenvalue weighted by Crippen LogP contribution is -2.52. The number of rotatable bonds is 6. The molecule has 1 heterocycles. The lowest BCUT2D eigenvalue weighted by molar-refractivity contribution is 0.101. The summed E-state index contributed by atoms with van der Waals surface area (Å²) in [7, 11) is 0. The van der Waals surface area contributed by atoms with Crippen molar-refractivity contribution in [1.82, 2.24) is 10.2 Å². The van der Waals surface area contributed by atoms with E-state index in [4.69, 9.17) is 0 Å². The molecule has 0 radical (unpaired) electrons. The molecule has 0 spiro atoms. The van der Waals surface area contributed by atoms with E-state index >= 15 is 0 Å². The third-order valence-electron chi connectivity index (χ3n) is 5.59. The molecule has 2 atom stereocenters. The Labute approximate surface area is 118 Å². The van der Waals surface area contributed by atoms with Gasteiger partial charge in [-0.05, 0) is 71.5 Å². The number of nitrogens with zero attached hydrogens (tertiary/aromatic N) is 1. The fourth-order valence-electron chi connectivity index (χ4n) is 4.30. The molecule has 2 rings (SSSR count). The van der Waals surface area contributed by atoms with Crippen molar-refractivity contribution < 1.29 is 5.11 Å². The summed E-state index contributed by atoms with van der Waals surface area (Å²) in [6.45, 7) is 10.6. The van der Waals surface area contributed by atoms with Gasteiger partial charge in [-0.1, -0.05) is 13.3 Å². The van der Waals surface area contributed by atoms with E-state index in [1.807, 2.05) is 0 Å². The van der Waals surface area contributed by atoms with Crippen LogP contribution in [0, 0.1) is 5.92 Å². The van der Waals surface area contributed by atoms with E-state index in [1.165, 1.54) is 45.2 Å². The van der Waals surface area contributed by atoms with Gasteiger partial charge in [0.1, 0.15) is 0 Å². The largest absolute Gasteiger partial charge is 0.394 e. The Bertz CT molecular complexity index is 292. The van der Waals surface area contributed by atoms with E-state index in [0.29, 0.717) is 18.1 Å². The average molecular weight is 268 g/mol. The molecular weight excluding hydrogens is 236 g/mol. The Hall–Kier alpha value is -0.120. The summed E-state index contributed by atoms with van der Waals surface area (Å²) in [6.07, 6.45) is 7.60. The molecule has 0 bridgehead atoms. The molecule has 1 saturated carbocycles. The van der Waals surface area contributed by atoms with Crippen molar-refractivity contribution in [1.29, 1.82) is 0 Å². The van der Waals surface area contributed by atoms with E-state index in [0.717, 1.165) is 13.0 Å². The molecule has 112 valence electrons. The lowest BCUT2D eigenvalue weighted by atomic mass is 9.84. The predicted octanol–water partition coefficient (Wildman–Crippen LogP) is 2.39. The highest BCUT2D eigenvalue weighted by atomic mass is 16.3. The summed E-state index contributed by atoms with van der Waals surface area (Å²) in [5.74, 6) is 0.647. The van der Waals surface area contributed by atoms with Gasteiger partial charge in [-0.25, -0.2) is 0 Å². The molecule has 2 N–H and O–H groups in total. The number of likely N-dealkylation sites (N-methyl/N-ethyl adjacent to an activating group) is 1. The van der Waals surface area contributed by atoms with Gasteiger partial charge in [0, 0.05) is 11.1 Å². The van der Waals surface area contributed by atoms with Crippen LogP contribution in [0.4, 0.5) is 0 Å². The van der Waals surface area contributed by atoms with Gasteiger partial charge in [0.25, 0.3) is 0 Å². The van der Waals surface area contributed by atoms with Gasteiger partial charge in [0.2, 0.25) is 0 Å². The Morgan fingerprint density at radius 2 is 2.05 bits per heavy atom. The van der Waals surface area contributed by atoms with E-state index in [9.17, 15) is 5.11 Å². The highest BCUT2D eigenvalue weighted by Crippen LogP contribution is 2.39. The van der Waals surface area contributed by atoms with Crippen LogP contribution in [0.3, 0.4) is 0 Å².